The summed E-state index contributed by atoms with van der Waals surface area (Å²) in [7, 11) is -3.95. The predicted octanol–water partition coefficient (Wildman–Crippen LogP) is 2.09. The molecule has 0 atom stereocenters. The molecule has 1 heterocycles. The number of nitrogens with two attached hydrogens (primary N) is 1. The van der Waals surface area contributed by atoms with Gasteiger partial charge in [-0.15, -0.1) is 0 Å². The van der Waals surface area contributed by atoms with E-state index in [1.165, 1.54) is 18.4 Å². The highest BCUT2D eigenvalue weighted by molar-refractivity contribution is 7.89. The molecule has 5 nitrogen and oxygen atoms in total. The van der Waals surface area contributed by atoms with Crippen LogP contribution in [0.25, 0.3) is 0 Å². The minimum Gasteiger partial charge on any atom is -0.468 e. The van der Waals surface area contributed by atoms with Crippen molar-refractivity contribution in [3.63, 3.8) is 0 Å². The lowest BCUT2D eigenvalue weighted by molar-refractivity contribution is 0.373. The summed E-state index contributed by atoms with van der Waals surface area (Å²) < 4.78 is 45.4. The number of furan rings is 1. The van der Waals surface area contributed by atoms with Gasteiger partial charge in [-0.05, 0) is 29.8 Å². The van der Waals surface area contributed by atoms with E-state index >= 15 is 0 Å². The molecule has 0 fully saturated rings. The van der Waals surface area contributed by atoms with E-state index in [4.69, 9.17) is 10.2 Å². The number of benzene rings is 1. The van der Waals surface area contributed by atoms with Gasteiger partial charge in [0.1, 0.15) is 16.5 Å². The maximum Gasteiger partial charge on any atom is 0.246 e. The van der Waals surface area contributed by atoms with Crippen molar-refractivity contribution in [2.75, 3.05) is 6.54 Å². The van der Waals surface area contributed by atoms with Crippen LogP contribution in [0.1, 0.15) is 18.2 Å². The highest BCUT2D eigenvalue weighted by Gasteiger charge is 2.27. The van der Waals surface area contributed by atoms with Crippen LogP contribution in [-0.2, 0) is 23.1 Å². The van der Waals surface area contributed by atoms with E-state index < -0.39 is 15.8 Å². The Labute approximate surface area is 123 Å². The van der Waals surface area contributed by atoms with Crippen molar-refractivity contribution in [1.29, 1.82) is 0 Å². The predicted molar refractivity (Wildman–Crippen MR) is 76.3 cm³/mol. The standard InChI is InChI=1S/C14H17FN2O3S/c1-2-17(10-12-4-3-7-20-12)21(18,19)14-8-11(9-16)5-6-13(14)15/h3-8H,2,9-10,16H2,1H3. The van der Waals surface area contributed by atoms with Crippen molar-refractivity contribution in [2.45, 2.75) is 24.9 Å². The first-order valence-electron chi connectivity index (χ1n) is 6.50. The minimum absolute atomic E-state index is 0.0537. The number of hydrogen-bond acceptors (Lipinski definition) is 4. The van der Waals surface area contributed by atoms with Crippen LogP contribution >= 0.6 is 0 Å². The summed E-state index contributed by atoms with van der Waals surface area (Å²) in [4.78, 5) is -0.362. The maximum absolute atomic E-state index is 13.9. The molecule has 2 N–H and O–H groups in total. The highest BCUT2D eigenvalue weighted by atomic mass is 32.2. The third-order valence-corrected chi connectivity index (χ3v) is 5.05. The Morgan fingerprint density at radius 2 is 2.10 bits per heavy atom. The number of rotatable bonds is 6. The molecule has 2 rings (SSSR count). The van der Waals surface area contributed by atoms with Gasteiger partial charge in [-0.25, -0.2) is 12.8 Å². The molecule has 114 valence electrons. The van der Waals surface area contributed by atoms with Crippen molar-refractivity contribution in [1.82, 2.24) is 4.31 Å². The Balaban J connectivity index is 2.39. The Morgan fingerprint density at radius 3 is 2.67 bits per heavy atom. The summed E-state index contributed by atoms with van der Waals surface area (Å²) in [5.74, 6) is -0.291. The molecule has 21 heavy (non-hydrogen) atoms. The summed E-state index contributed by atoms with van der Waals surface area (Å²) in [5, 5.41) is 0. The van der Waals surface area contributed by atoms with Crippen LogP contribution in [0, 0.1) is 5.82 Å². The summed E-state index contributed by atoms with van der Waals surface area (Å²) in [6, 6.07) is 7.21. The van der Waals surface area contributed by atoms with Crippen LogP contribution in [0.3, 0.4) is 0 Å². The van der Waals surface area contributed by atoms with Crippen LogP contribution in [0.15, 0.2) is 45.9 Å². The number of halogens is 1. The van der Waals surface area contributed by atoms with Crippen molar-refractivity contribution < 1.29 is 17.2 Å². The molecule has 0 unspecified atom stereocenters. The van der Waals surface area contributed by atoms with Gasteiger partial charge in [-0.2, -0.15) is 4.31 Å². The molecule has 0 aliphatic carbocycles. The molecule has 1 aromatic heterocycles. The first kappa shape index (κ1) is 15.7. The van der Waals surface area contributed by atoms with E-state index in [2.05, 4.69) is 0 Å². The lowest BCUT2D eigenvalue weighted by atomic mass is 10.2. The normalized spacial score (nSPS) is 12.0. The molecule has 2 aromatic rings. The fourth-order valence-corrected chi connectivity index (χ4v) is 3.48. The lowest BCUT2D eigenvalue weighted by Crippen LogP contribution is -2.31. The van der Waals surface area contributed by atoms with E-state index in [9.17, 15) is 12.8 Å². The molecule has 0 aliphatic heterocycles. The molecule has 0 spiro atoms. The molecule has 0 saturated heterocycles. The van der Waals surface area contributed by atoms with E-state index in [0.717, 1.165) is 10.4 Å². The van der Waals surface area contributed by atoms with Crippen molar-refractivity contribution in [3.8, 4) is 0 Å². The second-order valence-corrected chi connectivity index (χ2v) is 6.39. The Kier molecular flexibility index (Phi) is 4.76. The third kappa shape index (κ3) is 3.31. The number of hydrogen-bond donors (Lipinski definition) is 1. The third-order valence-electron chi connectivity index (χ3n) is 3.11. The van der Waals surface area contributed by atoms with Crippen molar-refractivity contribution >= 4 is 10.0 Å². The highest BCUT2D eigenvalue weighted by Crippen LogP contribution is 2.22. The average molecular weight is 312 g/mol. The van der Waals surface area contributed by atoms with Gasteiger partial charge in [0.2, 0.25) is 10.0 Å². The van der Waals surface area contributed by atoms with Crippen LogP contribution in [0.2, 0.25) is 0 Å². The Bertz CT molecular complexity index is 699. The molecule has 0 radical (unpaired) electrons. The Morgan fingerprint density at radius 1 is 1.33 bits per heavy atom. The largest absolute Gasteiger partial charge is 0.468 e. The zero-order chi connectivity index (χ0) is 15.5. The number of sulfonamides is 1. The molecule has 0 amide bonds. The van der Waals surface area contributed by atoms with Crippen LogP contribution in [-0.4, -0.2) is 19.3 Å². The van der Waals surface area contributed by atoms with Gasteiger partial charge in [-0.1, -0.05) is 13.0 Å². The average Bonchev–Trinajstić information content (AvgIpc) is 2.98. The van der Waals surface area contributed by atoms with E-state index in [-0.39, 0.29) is 24.5 Å². The summed E-state index contributed by atoms with van der Waals surface area (Å²) in [6.45, 7) is 2.09. The van der Waals surface area contributed by atoms with Gasteiger partial charge in [0, 0.05) is 13.1 Å². The number of nitrogens with zero attached hydrogens (tertiary/aromatic N) is 1. The zero-order valence-electron chi connectivity index (χ0n) is 11.6. The van der Waals surface area contributed by atoms with Crippen LogP contribution in [0.5, 0.6) is 0 Å². The Hall–Kier alpha value is -1.70. The lowest BCUT2D eigenvalue weighted by Gasteiger charge is -2.20. The quantitative estimate of drug-likeness (QED) is 0.886. The molecule has 0 aliphatic rings. The molecule has 0 saturated carbocycles. The van der Waals surface area contributed by atoms with E-state index in [1.54, 1.807) is 19.1 Å². The van der Waals surface area contributed by atoms with Crippen molar-refractivity contribution in [3.05, 3.63) is 53.7 Å². The van der Waals surface area contributed by atoms with Crippen LogP contribution < -0.4 is 5.73 Å². The second kappa shape index (κ2) is 6.38. The molecule has 1 aromatic carbocycles. The van der Waals surface area contributed by atoms with Crippen molar-refractivity contribution in [2.24, 2.45) is 5.73 Å². The minimum atomic E-state index is -3.95. The van der Waals surface area contributed by atoms with Gasteiger partial charge in [0.15, 0.2) is 0 Å². The monoisotopic (exact) mass is 312 g/mol. The summed E-state index contributed by atoms with van der Waals surface area (Å²) in [5.41, 5.74) is 6.04. The van der Waals surface area contributed by atoms with Gasteiger partial charge in [-0.3, -0.25) is 0 Å². The fraction of sp³-hybridized carbons (Fsp3) is 0.286. The SMILES string of the molecule is CCN(Cc1ccco1)S(=O)(=O)c1cc(CN)ccc1F. The molecule has 0 bridgehead atoms. The van der Waals surface area contributed by atoms with E-state index in [1.807, 2.05) is 0 Å². The molecule has 7 heteroatoms. The maximum atomic E-state index is 13.9. The zero-order valence-corrected chi connectivity index (χ0v) is 12.4. The summed E-state index contributed by atoms with van der Waals surface area (Å²) in [6.07, 6.45) is 1.46. The molecular weight excluding hydrogens is 295 g/mol. The van der Waals surface area contributed by atoms with Gasteiger partial charge in [0.25, 0.3) is 0 Å². The first-order chi connectivity index (χ1) is 9.98. The van der Waals surface area contributed by atoms with Gasteiger partial charge < -0.3 is 10.2 Å². The van der Waals surface area contributed by atoms with Gasteiger partial charge in [0.05, 0.1) is 12.8 Å². The summed E-state index contributed by atoms with van der Waals surface area (Å²) >= 11 is 0. The van der Waals surface area contributed by atoms with Crippen LogP contribution in [0.4, 0.5) is 4.39 Å². The fourth-order valence-electron chi connectivity index (χ4n) is 1.95. The topological polar surface area (TPSA) is 76.5 Å². The smallest absolute Gasteiger partial charge is 0.246 e. The van der Waals surface area contributed by atoms with E-state index in [0.29, 0.717) is 11.3 Å². The molecular formula is C14H17FN2O3S. The van der Waals surface area contributed by atoms with Gasteiger partial charge >= 0.3 is 0 Å². The first-order valence-corrected chi connectivity index (χ1v) is 7.94. The second-order valence-electron chi connectivity index (χ2n) is 4.48.